The molecule has 0 aliphatic heterocycles. The highest BCUT2D eigenvalue weighted by Crippen LogP contribution is 2.30. The second kappa shape index (κ2) is 5.78. The van der Waals surface area contributed by atoms with Crippen molar-refractivity contribution in [2.24, 2.45) is 0 Å². The van der Waals surface area contributed by atoms with Crippen molar-refractivity contribution in [3.8, 4) is 0 Å². The number of para-hydroxylation sites is 1. The summed E-state index contributed by atoms with van der Waals surface area (Å²) in [4.78, 5) is 4.58. The van der Waals surface area contributed by atoms with Gasteiger partial charge in [-0.1, -0.05) is 24.3 Å². The minimum Gasteiger partial charge on any atom is -0.383 e. The monoisotopic (exact) mass is 326 g/mol. The highest BCUT2D eigenvalue weighted by atomic mass is 32.1. The fourth-order valence-electron chi connectivity index (χ4n) is 3.56. The van der Waals surface area contributed by atoms with Crippen LogP contribution in [0, 0.1) is 0 Å². The zero-order chi connectivity index (χ0) is 15.9. The Kier molecular flexibility index (Phi) is 3.76. The van der Waals surface area contributed by atoms with Crippen molar-refractivity contribution in [3.63, 3.8) is 0 Å². The summed E-state index contributed by atoms with van der Waals surface area (Å²) in [6.45, 7) is 2.49. The predicted octanol–water partition coefficient (Wildman–Crippen LogP) is 3.58. The molecule has 120 valence electrons. The Morgan fingerprint density at radius 1 is 1.30 bits per heavy atom. The molecule has 0 amide bonds. The van der Waals surface area contributed by atoms with E-state index in [-0.39, 0.29) is 0 Å². The summed E-state index contributed by atoms with van der Waals surface area (Å²) >= 11 is 1.61. The highest BCUT2D eigenvalue weighted by Gasteiger charge is 2.27. The molecule has 0 fully saturated rings. The zero-order valence-corrected chi connectivity index (χ0v) is 14.1. The van der Waals surface area contributed by atoms with Crippen LogP contribution in [0.25, 0.3) is 10.9 Å². The van der Waals surface area contributed by atoms with E-state index in [0.29, 0.717) is 12.6 Å². The Balaban J connectivity index is 1.48. The molecule has 2 aromatic heterocycles. The SMILES string of the molecule is CC(O)(CNC1CCc2[nH]c3ccccc3c2C1)c1cccs1. The first-order chi connectivity index (χ1) is 11.1. The lowest BCUT2D eigenvalue weighted by Gasteiger charge is -2.29. The number of thiophene rings is 1. The summed E-state index contributed by atoms with van der Waals surface area (Å²) in [6, 6.07) is 13.0. The molecule has 1 aliphatic carbocycles. The molecule has 1 aliphatic rings. The summed E-state index contributed by atoms with van der Waals surface area (Å²) in [6.07, 6.45) is 3.21. The molecule has 3 nitrogen and oxygen atoms in total. The van der Waals surface area contributed by atoms with Gasteiger partial charge in [-0.05, 0) is 49.3 Å². The minimum atomic E-state index is -0.797. The van der Waals surface area contributed by atoms with Gasteiger partial charge in [0.15, 0.2) is 0 Å². The molecule has 0 saturated carbocycles. The van der Waals surface area contributed by atoms with Gasteiger partial charge < -0.3 is 15.4 Å². The highest BCUT2D eigenvalue weighted by molar-refractivity contribution is 7.10. The Hall–Kier alpha value is -1.62. The molecule has 4 heteroatoms. The van der Waals surface area contributed by atoms with E-state index in [4.69, 9.17) is 0 Å². The molecule has 23 heavy (non-hydrogen) atoms. The van der Waals surface area contributed by atoms with E-state index >= 15 is 0 Å². The zero-order valence-electron chi connectivity index (χ0n) is 13.3. The van der Waals surface area contributed by atoms with Crippen molar-refractivity contribution < 1.29 is 5.11 Å². The van der Waals surface area contributed by atoms with Crippen LogP contribution in [0.1, 0.15) is 29.5 Å². The number of nitrogens with one attached hydrogen (secondary N) is 2. The van der Waals surface area contributed by atoms with Crippen LogP contribution >= 0.6 is 11.3 Å². The van der Waals surface area contributed by atoms with Crippen LogP contribution in [0.3, 0.4) is 0 Å². The molecule has 0 spiro atoms. The van der Waals surface area contributed by atoms with Crippen LogP contribution in [0.4, 0.5) is 0 Å². The van der Waals surface area contributed by atoms with Gasteiger partial charge in [-0.3, -0.25) is 0 Å². The van der Waals surface area contributed by atoms with Crippen molar-refractivity contribution in [2.75, 3.05) is 6.54 Å². The van der Waals surface area contributed by atoms with Gasteiger partial charge in [0.05, 0.1) is 0 Å². The average Bonchev–Trinajstić information content (AvgIpc) is 3.21. The van der Waals surface area contributed by atoms with Crippen molar-refractivity contribution in [1.29, 1.82) is 0 Å². The normalized spacial score (nSPS) is 20.3. The third-order valence-electron chi connectivity index (χ3n) is 4.88. The lowest BCUT2D eigenvalue weighted by Crippen LogP contribution is -2.42. The Morgan fingerprint density at radius 3 is 3.00 bits per heavy atom. The Morgan fingerprint density at radius 2 is 2.17 bits per heavy atom. The Bertz CT molecular complexity index is 804. The molecule has 3 aromatic rings. The molecule has 2 atom stereocenters. The summed E-state index contributed by atoms with van der Waals surface area (Å²) in [5, 5.41) is 17.6. The van der Waals surface area contributed by atoms with Crippen LogP contribution in [0.15, 0.2) is 41.8 Å². The van der Waals surface area contributed by atoms with Crippen LogP contribution < -0.4 is 5.32 Å². The van der Waals surface area contributed by atoms with E-state index in [1.165, 1.54) is 22.2 Å². The predicted molar refractivity (Wildman–Crippen MR) is 96.0 cm³/mol. The first-order valence-corrected chi connectivity index (χ1v) is 9.10. The number of H-pyrrole nitrogens is 1. The fourth-order valence-corrected chi connectivity index (χ4v) is 4.35. The van der Waals surface area contributed by atoms with Crippen LogP contribution in [0.5, 0.6) is 0 Å². The number of hydrogen-bond acceptors (Lipinski definition) is 3. The lowest BCUT2D eigenvalue weighted by atomic mass is 9.91. The molecular formula is C19H22N2OS. The van der Waals surface area contributed by atoms with Gasteiger partial charge in [0, 0.05) is 34.1 Å². The summed E-state index contributed by atoms with van der Waals surface area (Å²) in [7, 11) is 0. The quantitative estimate of drug-likeness (QED) is 0.686. The smallest absolute Gasteiger partial charge is 0.108 e. The largest absolute Gasteiger partial charge is 0.383 e. The maximum atomic E-state index is 10.7. The topological polar surface area (TPSA) is 48.0 Å². The van der Waals surface area contributed by atoms with Gasteiger partial charge in [0.1, 0.15) is 5.60 Å². The van der Waals surface area contributed by atoms with Gasteiger partial charge in [-0.25, -0.2) is 0 Å². The molecule has 2 unspecified atom stereocenters. The van der Waals surface area contributed by atoms with Gasteiger partial charge in [-0.15, -0.1) is 11.3 Å². The number of aliphatic hydroxyl groups is 1. The molecule has 4 rings (SSSR count). The number of rotatable bonds is 4. The van der Waals surface area contributed by atoms with Gasteiger partial charge in [0.2, 0.25) is 0 Å². The van der Waals surface area contributed by atoms with Crippen LogP contribution in [0.2, 0.25) is 0 Å². The van der Waals surface area contributed by atoms with E-state index in [9.17, 15) is 5.11 Å². The number of hydrogen-bond donors (Lipinski definition) is 3. The molecular weight excluding hydrogens is 304 g/mol. The second-order valence-electron chi connectivity index (χ2n) is 6.70. The van der Waals surface area contributed by atoms with Crippen molar-refractivity contribution in [1.82, 2.24) is 10.3 Å². The van der Waals surface area contributed by atoms with Crippen molar-refractivity contribution in [2.45, 2.75) is 37.8 Å². The van der Waals surface area contributed by atoms with Gasteiger partial charge >= 0.3 is 0 Å². The van der Waals surface area contributed by atoms with Crippen LogP contribution in [-0.2, 0) is 18.4 Å². The number of fused-ring (bicyclic) bond motifs is 3. The summed E-state index contributed by atoms with van der Waals surface area (Å²) in [5.41, 5.74) is 3.27. The second-order valence-corrected chi connectivity index (χ2v) is 7.65. The van der Waals surface area contributed by atoms with E-state index in [1.807, 2.05) is 24.4 Å². The number of aromatic amines is 1. The third kappa shape index (κ3) is 2.82. The number of benzene rings is 1. The van der Waals surface area contributed by atoms with E-state index in [0.717, 1.165) is 24.1 Å². The Labute approximate surface area is 140 Å². The number of aromatic nitrogens is 1. The third-order valence-corrected chi connectivity index (χ3v) is 6.01. The first-order valence-electron chi connectivity index (χ1n) is 8.22. The molecule has 2 heterocycles. The standard InChI is InChI=1S/C19H22N2OS/c1-19(22,18-7-4-10-23-18)12-20-13-8-9-17-15(11-13)14-5-2-3-6-16(14)21-17/h2-7,10,13,20-22H,8-9,11-12H2,1H3. The molecule has 0 radical (unpaired) electrons. The van der Waals surface area contributed by atoms with Crippen LogP contribution in [-0.4, -0.2) is 22.7 Å². The maximum absolute atomic E-state index is 10.7. The lowest BCUT2D eigenvalue weighted by molar-refractivity contribution is 0.0569. The van der Waals surface area contributed by atoms with Gasteiger partial charge in [-0.2, -0.15) is 0 Å². The van der Waals surface area contributed by atoms with Crippen molar-refractivity contribution in [3.05, 3.63) is 57.9 Å². The first kappa shape index (κ1) is 14.9. The van der Waals surface area contributed by atoms with E-state index < -0.39 is 5.60 Å². The average molecular weight is 326 g/mol. The minimum absolute atomic E-state index is 0.424. The van der Waals surface area contributed by atoms with Gasteiger partial charge in [0.25, 0.3) is 0 Å². The summed E-state index contributed by atoms with van der Waals surface area (Å²) in [5.74, 6) is 0. The maximum Gasteiger partial charge on any atom is 0.108 e. The van der Waals surface area contributed by atoms with E-state index in [1.54, 1.807) is 11.3 Å². The molecule has 0 saturated heterocycles. The molecule has 1 aromatic carbocycles. The molecule has 0 bridgehead atoms. The van der Waals surface area contributed by atoms with E-state index in [2.05, 4.69) is 34.6 Å². The fraction of sp³-hybridized carbons (Fsp3) is 0.368. The van der Waals surface area contributed by atoms with Crippen molar-refractivity contribution >= 4 is 22.2 Å². The number of aryl methyl sites for hydroxylation is 1. The summed E-state index contributed by atoms with van der Waals surface area (Å²) < 4.78 is 0. The molecule has 3 N–H and O–H groups in total.